The van der Waals surface area contributed by atoms with Crippen molar-refractivity contribution in [2.75, 3.05) is 25.9 Å². The zero-order valence-corrected chi connectivity index (χ0v) is 19.1. The monoisotopic (exact) mass is 445 g/mol. The Hall–Kier alpha value is -2.23. The van der Waals surface area contributed by atoms with Crippen molar-refractivity contribution in [3.05, 3.63) is 39.3 Å². The fraction of sp³-hybridized carbons (Fsp3) is 0.545. The number of benzene rings is 1. The molecule has 31 heavy (non-hydrogen) atoms. The van der Waals surface area contributed by atoms with Gasteiger partial charge in [-0.2, -0.15) is 5.10 Å². The van der Waals surface area contributed by atoms with E-state index in [1.54, 1.807) is 0 Å². The first kappa shape index (κ1) is 22.0. The number of hydrogen-bond donors (Lipinski definition) is 3. The van der Waals surface area contributed by atoms with E-state index in [-0.39, 0.29) is 5.56 Å². The number of fused-ring (bicyclic) bond motifs is 4. The average molecular weight is 446 g/mol. The highest BCUT2D eigenvalue weighted by Gasteiger charge is 2.18. The molecule has 2 aromatic heterocycles. The number of nitrogens with zero attached hydrogens (tertiary/aromatic N) is 2. The van der Waals surface area contributed by atoms with Crippen molar-refractivity contribution in [1.82, 2.24) is 24.8 Å². The van der Waals surface area contributed by atoms with Crippen LogP contribution in [0.5, 0.6) is 0 Å². The van der Waals surface area contributed by atoms with Crippen LogP contribution in [0.2, 0.25) is 0 Å². The first-order valence-corrected chi connectivity index (χ1v) is 12.9. The van der Waals surface area contributed by atoms with E-state index in [2.05, 4.69) is 32.4 Å². The fourth-order valence-electron chi connectivity index (χ4n) is 4.50. The molecular weight excluding hydrogens is 414 g/mol. The van der Waals surface area contributed by atoms with Crippen LogP contribution in [0.4, 0.5) is 0 Å². The molecule has 0 amide bonds. The van der Waals surface area contributed by atoms with E-state index in [9.17, 15) is 13.2 Å². The molecule has 0 aliphatic heterocycles. The molecule has 0 radical (unpaired) electrons. The van der Waals surface area contributed by atoms with Gasteiger partial charge in [0.15, 0.2) is 0 Å². The van der Waals surface area contributed by atoms with Gasteiger partial charge < -0.3 is 9.88 Å². The molecule has 1 aliphatic carbocycles. The van der Waals surface area contributed by atoms with Crippen LogP contribution in [0.1, 0.15) is 42.5 Å². The number of H-pyrrole nitrogens is 1. The van der Waals surface area contributed by atoms with E-state index < -0.39 is 10.0 Å². The maximum absolute atomic E-state index is 13.3. The van der Waals surface area contributed by atoms with Crippen LogP contribution in [0.25, 0.3) is 21.8 Å². The van der Waals surface area contributed by atoms with E-state index >= 15 is 0 Å². The Morgan fingerprint density at radius 2 is 1.81 bits per heavy atom. The van der Waals surface area contributed by atoms with E-state index in [1.807, 2.05) is 11.5 Å². The highest BCUT2D eigenvalue weighted by Crippen LogP contribution is 2.30. The zero-order chi connectivity index (χ0) is 22.0. The summed E-state index contributed by atoms with van der Waals surface area (Å²) in [4.78, 5) is 13.3. The quantitative estimate of drug-likeness (QED) is 0.437. The van der Waals surface area contributed by atoms with Gasteiger partial charge >= 0.3 is 0 Å². The molecule has 0 fully saturated rings. The molecule has 0 saturated carbocycles. The topological polar surface area (TPSA) is 109 Å². The summed E-state index contributed by atoms with van der Waals surface area (Å²) in [5.41, 5.74) is 5.32. The molecule has 3 aromatic rings. The van der Waals surface area contributed by atoms with E-state index in [0.717, 1.165) is 67.1 Å². The van der Waals surface area contributed by atoms with Gasteiger partial charge in [-0.05, 0) is 81.8 Å². The molecule has 0 atom stereocenters. The summed E-state index contributed by atoms with van der Waals surface area (Å²) in [6.07, 6.45) is 7.28. The van der Waals surface area contributed by atoms with Crippen LogP contribution >= 0.6 is 0 Å². The second kappa shape index (κ2) is 9.10. The number of hydrogen-bond acceptors (Lipinski definition) is 5. The highest BCUT2D eigenvalue weighted by molar-refractivity contribution is 7.88. The van der Waals surface area contributed by atoms with Gasteiger partial charge in [0.25, 0.3) is 5.56 Å². The largest absolute Gasteiger partial charge is 0.317 e. The maximum Gasteiger partial charge on any atom is 0.262 e. The van der Waals surface area contributed by atoms with E-state index in [4.69, 9.17) is 0 Å². The first-order chi connectivity index (χ1) is 14.8. The Morgan fingerprint density at radius 3 is 2.55 bits per heavy atom. The maximum atomic E-state index is 13.3. The molecule has 0 unspecified atom stereocenters. The SMILES string of the molecule is Cc1[nH]nc2c1c(=O)n(CCCNCCCNS(C)(=O)=O)c1cc3c(cc21)CCCC3. The van der Waals surface area contributed by atoms with Crippen molar-refractivity contribution in [3.8, 4) is 0 Å². The minimum Gasteiger partial charge on any atom is -0.317 e. The lowest BCUT2D eigenvalue weighted by atomic mass is 9.90. The Morgan fingerprint density at radius 1 is 1.10 bits per heavy atom. The van der Waals surface area contributed by atoms with Gasteiger partial charge in [0.05, 0.1) is 17.2 Å². The Balaban J connectivity index is 1.52. The molecule has 9 heteroatoms. The van der Waals surface area contributed by atoms with Crippen molar-refractivity contribution in [2.24, 2.45) is 0 Å². The Bertz CT molecular complexity index is 1260. The third kappa shape index (κ3) is 4.83. The van der Waals surface area contributed by atoms with Crippen molar-refractivity contribution in [2.45, 2.75) is 52.0 Å². The van der Waals surface area contributed by atoms with Crippen LogP contribution < -0.4 is 15.6 Å². The standard InChI is InChI=1S/C22H31N5O3S/c1-15-20-21(26-25-15)18-13-16-7-3-4-8-17(16)14-19(18)27(22(20)28)12-6-10-23-9-5-11-24-31(2,29)30/h13-14,23-24H,3-12H2,1-2H3,(H,25,26). The lowest BCUT2D eigenvalue weighted by molar-refractivity contribution is 0.561. The Kier molecular flexibility index (Phi) is 6.45. The lowest BCUT2D eigenvalue weighted by Crippen LogP contribution is -2.27. The summed E-state index contributed by atoms with van der Waals surface area (Å²) in [7, 11) is -3.13. The molecule has 1 aromatic carbocycles. The van der Waals surface area contributed by atoms with E-state index in [0.29, 0.717) is 18.5 Å². The third-order valence-electron chi connectivity index (χ3n) is 6.04. The van der Waals surface area contributed by atoms with Crippen molar-refractivity contribution >= 4 is 31.8 Å². The van der Waals surface area contributed by atoms with Crippen molar-refractivity contribution < 1.29 is 8.42 Å². The molecule has 1 aliphatic rings. The molecule has 0 spiro atoms. The number of nitrogens with one attached hydrogen (secondary N) is 3. The minimum absolute atomic E-state index is 0.0156. The summed E-state index contributed by atoms with van der Waals surface area (Å²) < 4.78 is 26.6. The first-order valence-electron chi connectivity index (χ1n) is 11.0. The molecular formula is C22H31N5O3S. The molecule has 0 bridgehead atoms. The van der Waals surface area contributed by atoms with Crippen LogP contribution in [-0.2, 0) is 29.4 Å². The number of rotatable bonds is 9. The number of sulfonamides is 1. The van der Waals surface area contributed by atoms with Gasteiger partial charge in [0.1, 0.15) is 5.52 Å². The number of aromatic amines is 1. The number of aromatic nitrogens is 3. The third-order valence-corrected chi connectivity index (χ3v) is 6.77. The van der Waals surface area contributed by atoms with Gasteiger partial charge in [-0.3, -0.25) is 9.89 Å². The van der Waals surface area contributed by atoms with Gasteiger partial charge in [-0.1, -0.05) is 0 Å². The molecule has 0 saturated heterocycles. The molecule has 8 nitrogen and oxygen atoms in total. The molecule has 2 heterocycles. The second-order valence-electron chi connectivity index (χ2n) is 8.50. The summed E-state index contributed by atoms with van der Waals surface area (Å²) >= 11 is 0. The predicted octanol–water partition coefficient (Wildman–Crippen LogP) is 1.98. The smallest absolute Gasteiger partial charge is 0.262 e. The Labute approximate surface area is 182 Å². The number of aryl methyl sites for hydroxylation is 4. The van der Waals surface area contributed by atoms with Crippen LogP contribution in [0.3, 0.4) is 0 Å². The van der Waals surface area contributed by atoms with Crippen LogP contribution in [-0.4, -0.2) is 49.1 Å². The normalized spacial score (nSPS) is 14.4. The lowest BCUT2D eigenvalue weighted by Gasteiger charge is -2.19. The van der Waals surface area contributed by atoms with Gasteiger partial charge in [-0.15, -0.1) is 0 Å². The van der Waals surface area contributed by atoms with Crippen LogP contribution in [0, 0.1) is 6.92 Å². The average Bonchev–Trinajstić information content (AvgIpc) is 3.12. The molecule has 4 rings (SSSR count). The van der Waals surface area contributed by atoms with Gasteiger partial charge in [0.2, 0.25) is 10.0 Å². The molecule has 3 N–H and O–H groups in total. The molecule has 168 valence electrons. The van der Waals surface area contributed by atoms with E-state index in [1.165, 1.54) is 24.0 Å². The number of pyridine rings is 1. The van der Waals surface area contributed by atoms with Gasteiger partial charge in [-0.25, -0.2) is 13.1 Å². The van der Waals surface area contributed by atoms with Crippen molar-refractivity contribution in [3.63, 3.8) is 0 Å². The zero-order valence-electron chi connectivity index (χ0n) is 18.3. The van der Waals surface area contributed by atoms with Gasteiger partial charge in [0, 0.05) is 24.2 Å². The van der Waals surface area contributed by atoms with Crippen molar-refractivity contribution in [1.29, 1.82) is 0 Å². The summed E-state index contributed by atoms with van der Waals surface area (Å²) in [5.74, 6) is 0. The second-order valence-corrected chi connectivity index (χ2v) is 10.3. The predicted molar refractivity (Wildman–Crippen MR) is 124 cm³/mol. The fourth-order valence-corrected chi connectivity index (χ4v) is 5.01. The summed E-state index contributed by atoms with van der Waals surface area (Å²) in [6, 6.07) is 4.45. The summed E-state index contributed by atoms with van der Waals surface area (Å²) in [6.45, 7) is 4.45. The highest BCUT2D eigenvalue weighted by atomic mass is 32.2. The minimum atomic E-state index is -3.13. The summed E-state index contributed by atoms with van der Waals surface area (Å²) in [5, 5.41) is 12.5. The van der Waals surface area contributed by atoms with Crippen LogP contribution in [0.15, 0.2) is 16.9 Å².